The zero-order chi connectivity index (χ0) is 19.3. The maximum atomic E-state index is 6.54. The number of anilines is 1. The smallest absolute Gasteiger partial charge is 0.153 e. The number of hydrogen-bond donors (Lipinski definition) is 0. The lowest BCUT2D eigenvalue weighted by molar-refractivity contribution is -0.0597. The molecule has 1 unspecified atom stereocenters. The minimum absolute atomic E-state index is 0.0495. The Morgan fingerprint density at radius 2 is 1.69 bits per heavy atom. The van der Waals surface area contributed by atoms with E-state index < -0.39 is 0 Å². The molecule has 1 aliphatic heterocycles. The number of fused-ring (bicyclic) bond motifs is 3. The van der Waals surface area contributed by atoms with Crippen molar-refractivity contribution in [2.75, 3.05) is 4.90 Å². The van der Waals surface area contributed by atoms with E-state index in [1.54, 1.807) is 0 Å². The van der Waals surface area contributed by atoms with Crippen LogP contribution in [0.4, 0.5) is 5.69 Å². The van der Waals surface area contributed by atoms with Gasteiger partial charge >= 0.3 is 0 Å². The number of rotatable bonds is 1. The first-order chi connectivity index (χ1) is 14.2. The van der Waals surface area contributed by atoms with Crippen LogP contribution in [0.2, 0.25) is 0 Å². The van der Waals surface area contributed by atoms with Gasteiger partial charge in [0.1, 0.15) is 11.3 Å². The summed E-state index contributed by atoms with van der Waals surface area (Å²) in [5.41, 5.74) is 6.35. The lowest BCUT2D eigenvalue weighted by Gasteiger charge is -2.63. The number of aryl methyl sites for hydroxylation is 1. The Kier molecular flexibility index (Phi) is 3.10. The van der Waals surface area contributed by atoms with Gasteiger partial charge in [-0.2, -0.15) is 0 Å². The van der Waals surface area contributed by atoms with Crippen molar-refractivity contribution in [2.24, 2.45) is 23.7 Å². The van der Waals surface area contributed by atoms with E-state index in [2.05, 4.69) is 49.1 Å². The number of nitrogens with zero attached hydrogens (tertiary/aromatic N) is 2. The van der Waals surface area contributed by atoms with E-state index in [9.17, 15) is 0 Å². The van der Waals surface area contributed by atoms with Crippen molar-refractivity contribution >= 4 is 16.8 Å². The van der Waals surface area contributed by atoms with Crippen LogP contribution >= 0.6 is 0 Å². The average Bonchev–Trinajstić information content (AvgIpc) is 3.21. The lowest BCUT2D eigenvalue weighted by atomic mass is 9.47. The zero-order valence-corrected chi connectivity index (χ0v) is 17.3. The quantitative estimate of drug-likeness (QED) is 0.488. The normalized spacial score (nSPS) is 37.0. The molecule has 1 spiro atoms. The second kappa shape index (κ2) is 5.44. The van der Waals surface area contributed by atoms with Crippen LogP contribution in [-0.2, 0) is 5.54 Å². The third-order valence-electron chi connectivity index (χ3n) is 8.80. The summed E-state index contributed by atoms with van der Waals surface area (Å²) < 4.78 is 6.54. The van der Waals surface area contributed by atoms with Crippen molar-refractivity contribution in [3.63, 3.8) is 0 Å². The standard InChI is InChI=1S/C26H28N2O/c1-15-6-3-4-7-21(15)28-16(2)25-23(24-22(29-25)8-5-9-27-24)26(28)19-11-17-10-18(13-19)14-20(26)12-17/h3-9,16-20H,10-14H2,1-2H3. The van der Waals surface area contributed by atoms with Crippen molar-refractivity contribution in [2.45, 2.75) is 57.5 Å². The molecule has 4 bridgehead atoms. The fourth-order valence-electron chi connectivity index (χ4n) is 8.13. The van der Waals surface area contributed by atoms with E-state index in [-0.39, 0.29) is 11.6 Å². The Morgan fingerprint density at radius 1 is 0.966 bits per heavy atom. The molecule has 4 fully saturated rings. The number of para-hydroxylation sites is 1. The fourth-order valence-corrected chi connectivity index (χ4v) is 8.13. The van der Waals surface area contributed by atoms with Gasteiger partial charge in [0, 0.05) is 17.4 Å². The molecule has 0 radical (unpaired) electrons. The van der Waals surface area contributed by atoms with Gasteiger partial charge < -0.3 is 9.32 Å². The number of benzene rings is 1. The van der Waals surface area contributed by atoms with Gasteiger partial charge in [-0.05, 0) is 93.4 Å². The molecule has 1 aromatic carbocycles. The highest BCUT2D eigenvalue weighted by molar-refractivity contribution is 5.83. The Balaban J connectivity index is 1.55. The van der Waals surface area contributed by atoms with Crippen molar-refractivity contribution in [1.82, 2.24) is 4.98 Å². The second-order valence-corrected chi connectivity index (χ2v) is 10.2. The number of hydrogen-bond acceptors (Lipinski definition) is 3. The summed E-state index contributed by atoms with van der Waals surface area (Å²) in [5.74, 6) is 4.48. The molecule has 8 rings (SSSR count). The van der Waals surface area contributed by atoms with Crippen LogP contribution in [0.1, 0.15) is 62.0 Å². The maximum Gasteiger partial charge on any atom is 0.153 e. The molecule has 29 heavy (non-hydrogen) atoms. The summed E-state index contributed by atoms with van der Waals surface area (Å²) >= 11 is 0. The molecule has 3 heteroatoms. The molecular formula is C26H28N2O. The van der Waals surface area contributed by atoms with E-state index in [1.807, 2.05) is 12.3 Å². The van der Waals surface area contributed by atoms with Crippen molar-refractivity contribution < 1.29 is 4.42 Å². The first kappa shape index (κ1) is 16.5. The fraction of sp³-hybridized carbons (Fsp3) is 0.500. The van der Waals surface area contributed by atoms with E-state index in [0.29, 0.717) is 11.8 Å². The third kappa shape index (κ3) is 1.88. The first-order valence-corrected chi connectivity index (χ1v) is 11.4. The summed E-state index contributed by atoms with van der Waals surface area (Å²) in [7, 11) is 0. The van der Waals surface area contributed by atoms with Crippen LogP contribution in [0, 0.1) is 30.6 Å². The molecule has 0 amide bonds. The molecule has 1 atom stereocenters. The Morgan fingerprint density at radius 3 is 2.41 bits per heavy atom. The summed E-state index contributed by atoms with van der Waals surface area (Å²) in [6, 6.07) is 13.3. The Labute approximate surface area is 172 Å². The van der Waals surface area contributed by atoms with Crippen LogP contribution in [0.5, 0.6) is 0 Å². The van der Waals surface area contributed by atoms with Crippen LogP contribution in [-0.4, -0.2) is 4.98 Å². The molecule has 0 saturated heterocycles. The van der Waals surface area contributed by atoms with Crippen LogP contribution in [0.15, 0.2) is 47.0 Å². The molecule has 3 nitrogen and oxygen atoms in total. The number of aromatic nitrogens is 1. The largest absolute Gasteiger partial charge is 0.457 e. The van der Waals surface area contributed by atoms with Gasteiger partial charge in [0.25, 0.3) is 0 Å². The van der Waals surface area contributed by atoms with Gasteiger partial charge in [0.15, 0.2) is 5.58 Å². The third-order valence-corrected chi connectivity index (χ3v) is 8.80. The van der Waals surface area contributed by atoms with Gasteiger partial charge in [-0.1, -0.05) is 18.2 Å². The molecular weight excluding hydrogens is 356 g/mol. The highest BCUT2D eigenvalue weighted by atomic mass is 16.3. The van der Waals surface area contributed by atoms with Gasteiger partial charge in [-0.3, -0.25) is 4.98 Å². The van der Waals surface area contributed by atoms with E-state index in [1.165, 1.54) is 54.7 Å². The number of pyridine rings is 1. The lowest BCUT2D eigenvalue weighted by Crippen LogP contribution is -2.62. The number of furan rings is 1. The molecule has 3 aromatic rings. The van der Waals surface area contributed by atoms with E-state index in [4.69, 9.17) is 9.40 Å². The highest BCUT2D eigenvalue weighted by Crippen LogP contribution is 2.69. The summed E-state index contributed by atoms with van der Waals surface area (Å²) in [5, 5.41) is 0. The van der Waals surface area contributed by atoms with Crippen LogP contribution < -0.4 is 4.90 Å². The highest BCUT2D eigenvalue weighted by Gasteiger charge is 2.66. The predicted molar refractivity (Wildman–Crippen MR) is 115 cm³/mol. The van der Waals surface area contributed by atoms with Gasteiger partial charge in [0.05, 0.1) is 11.6 Å². The SMILES string of the molecule is Cc1ccccc1N1C(C)c2oc3cccnc3c2C12C1CC3CC(C1)CC2C3. The van der Waals surface area contributed by atoms with Gasteiger partial charge in [-0.25, -0.2) is 0 Å². The van der Waals surface area contributed by atoms with Crippen molar-refractivity contribution in [3.05, 3.63) is 59.5 Å². The summed E-state index contributed by atoms with van der Waals surface area (Å²) in [6.45, 7) is 4.62. The van der Waals surface area contributed by atoms with Crippen LogP contribution in [0.3, 0.4) is 0 Å². The predicted octanol–water partition coefficient (Wildman–Crippen LogP) is 6.37. The minimum Gasteiger partial charge on any atom is -0.457 e. The average molecular weight is 385 g/mol. The molecule has 148 valence electrons. The first-order valence-electron chi connectivity index (χ1n) is 11.4. The summed E-state index contributed by atoms with van der Waals surface area (Å²) in [6.07, 6.45) is 8.92. The Hall–Kier alpha value is -2.29. The molecule has 2 aromatic heterocycles. The van der Waals surface area contributed by atoms with E-state index in [0.717, 1.165) is 22.9 Å². The monoisotopic (exact) mass is 384 g/mol. The maximum absolute atomic E-state index is 6.54. The van der Waals surface area contributed by atoms with Crippen molar-refractivity contribution in [1.29, 1.82) is 0 Å². The topological polar surface area (TPSA) is 29.3 Å². The minimum atomic E-state index is 0.0495. The molecule has 4 aliphatic carbocycles. The zero-order valence-electron chi connectivity index (χ0n) is 17.3. The molecule has 4 saturated carbocycles. The molecule has 0 N–H and O–H groups in total. The van der Waals surface area contributed by atoms with Gasteiger partial charge in [-0.15, -0.1) is 0 Å². The summed E-state index contributed by atoms with van der Waals surface area (Å²) in [4.78, 5) is 7.67. The molecule has 3 heterocycles. The van der Waals surface area contributed by atoms with E-state index >= 15 is 0 Å². The molecule has 5 aliphatic rings. The van der Waals surface area contributed by atoms with Crippen molar-refractivity contribution in [3.8, 4) is 0 Å². The second-order valence-electron chi connectivity index (χ2n) is 10.2. The van der Waals surface area contributed by atoms with Gasteiger partial charge in [0.2, 0.25) is 0 Å². The van der Waals surface area contributed by atoms with Crippen LogP contribution in [0.25, 0.3) is 11.1 Å². The Bertz CT molecular complexity index is 1100.